The number of carbonyl (C=O) groups is 1. The van der Waals surface area contributed by atoms with Gasteiger partial charge in [0.25, 0.3) is 0 Å². The van der Waals surface area contributed by atoms with Crippen molar-refractivity contribution in [2.45, 2.75) is 6.92 Å². The van der Waals surface area contributed by atoms with E-state index < -0.39 is 0 Å². The molecule has 5 heteroatoms. The van der Waals surface area contributed by atoms with E-state index in [1.165, 1.54) is 4.90 Å². The van der Waals surface area contributed by atoms with Crippen molar-refractivity contribution in [3.05, 3.63) is 23.8 Å². The Morgan fingerprint density at radius 1 is 1.22 bits per heavy atom. The molecule has 0 heterocycles. The first-order chi connectivity index (χ1) is 7.73. The summed E-state index contributed by atoms with van der Waals surface area (Å²) in [5.41, 5.74) is 1.95. The molecule has 0 saturated heterocycles. The van der Waals surface area contributed by atoms with E-state index in [0.717, 1.165) is 11.3 Å². The number of aryl methyl sites for hydroxylation is 1. The van der Waals surface area contributed by atoms with Crippen LogP contribution in [-0.2, 0) is 0 Å². The van der Waals surface area contributed by atoms with Crippen molar-refractivity contribution in [2.24, 2.45) is 0 Å². The van der Waals surface area contributed by atoms with E-state index >= 15 is 0 Å². The average molecular weight is 364 g/mol. The third-order valence-corrected chi connectivity index (χ3v) is 2.47. The number of nitrogens with zero attached hydrogens (tertiary/aromatic N) is 2. The van der Waals surface area contributed by atoms with Crippen LogP contribution in [0.4, 0.5) is 10.5 Å². The number of hydrogen-bond acceptors (Lipinski definition) is 2. The minimum atomic E-state index is -0.353. The molecule has 0 aliphatic heterocycles. The van der Waals surface area contributed by atoms with Gasteiger partial charge < -0.3 is 33.6 Å². The van der Waals surface area contributed by atoms with Crippen LogP contribution in [0.1, 0.15) is 5.56 Å². The van der Waals surface area contributed by atoms with Crippen LogP contribution in [0.3, 0.4) is 0 Å². The van der Waals surface area contributed by atoms with Crippen LogP contribution < -0.4 is 33.2 Å². The number of carbonyl (C=O) groups excluding carboxylic acids is 1. The summed E-state index contributed by atoms with van der Waals surface area (Å²) in [6.07, 6.45) is -0.353. The van der Waals surface area contributed by atoms with Crippen LogP contribution >= 0.6 is 0 Å². The molecule has 0 spiro atoms. The lowest BCUT2D eigenvalue weighted by Gasteiger charge is -2.26. The van der Waals surface area contributed by atoms with Crippen molar-refractivity contribution in [3.8, 4) is 5.75 Å². The first-order valence-electron chi connectivity index (χ1n) is 5.54. The molecule has 0 bridgehead atoms. The van der Waals surface area contributed by atoms with E-state index in [4.69, 9.17) is 4.74 Å². The molecular formula is C13H21IN2O2. The summed E-state index contributed by atoms with van der Waals surface area (Å²) in [5, 5.41) is 0. The Kier molecular flexibility index (Phi) is 6.09. The van der Waals surface area contributed by atoms with Gasteiger partial charge >= 0.3 is 6.09 Å². The second-order valence-electron chi connectivity index (χ2n) is 5.20. The van der Waals surface area contributed by atoms with Gasteiger partial charge in [-0.3, -0.25) is 4.48 Å². The van der Waals surface area contributed by atoms with Crippen LogP contribution in [0.5, 0.6) is 5.75 Å². The predicted molar refractivity (Wildman–Crippen MR) is 70.5 cm³/mol. The van der Waals surface area contributed by atoms with E-state index in [1.54, 1.807) is 14.1 Å². The van der Waals surface area contributed by atoms with Gasteiger partial charge in [0, 0.05) is 20.2 Å². The molecular weight excluding hydrogens is 343 g/mol. The highest BCUT2D eigenvalue weighted by Crippen LogP contribution is 2.33. The smallest absolute Gasteiger partial charge is 0.414 e. The highest BCUT2D eigenvalue weighted by molar-refractivity contribution is 5.73. The van der Waals surface area contributed by atoms with Crippen LogP contribution in [0, 0.1) is 6.92 Å². The summed E-state index contributed by atoms with van der Waals surface area (Å²) in [4.78, 5) is 13.1. The van der Waals surface area contributed by atoms with Crippen LogP contribution in [0.2, 0.25) is 0 Å². The average Bonchev–Trinajstić information content (AvgIpc) is 2.18. The fourth-order valence-corrected chi connectivity index (χ4v) is 1.48. The fraction of sp³-hybridized carbons (Fsp3) is 0.462. The Hall–Kier alpha value is -0.820. The number of amides is 1. The monoisotopic (exact) mass is 364 g/mol. The maximum absolute atomic E-state index is 11.6. The molecule has 0 atom stereocenters. The van der Waals surface area contributed by atoms with Gasteiger partial charge in [-0.1, -0.05) is 12.1 Å². The molecule has 4 nitrogen and oxygen atoms in total. The quantitative estimate of drug-likeness (QED) is 0.511. The fourth-order valence-electron chi connectivity index (χ4n) is 1.48. The number of para-hydroxylation sites is 1. The van der Waals surface area contributed by atoms with Crippen LogP contribution in [0.15, 0.2) is 18.2 Å². The van der Waals surface area contributed by atoms with E-state index in [0.29, 0.717) is 10.2 Å². The first kappa shape index (κ1) is 17.2. The zero-order valence-electron chi connectivity index (χ0n) is 11.8. The standard InChI is InChI=1S/C13H21N2O2.HI/c1-10-8-7-9-11(15(4,5)6)12(10)17-13(16)14(2)3;/h7-9H,1-6H3;1H/q+1;/p-1. The molecule has 0 aliphatic carbocycles. The summed E-state index contributed by atoms with van der Waals surface area (Å²) in [5.74, 6) is 0.652. The van der Waals surface area contributed by atoms with Gasteiger partial charge in [-0.2, -0.15) is 0 Å². The molecule has 0 radical (unpaired) electrons. The topological polar surface area (TPSA) is 29.5 Å². The summed E-state index contributed by atoms with van der Waals surface area (Å²) in [6.45, 7) is 1.94. The lowest BCUT2D eigenvalue weighted by Crippen LogP contribution is -3.00. The summed E-state index contributed by atoms with van der Waals surface area (Å²) in [7, 11) is 9.48. The molecule has 0 N–H and O–H groups in total. The zero-order valence-corrected chi connectivity index (χ0v) is 14.0. The van der Waals surface area contributed by atoms with E-state index in [9.17, 15) is 4.79 Å². The molecule has 18 heavy (non-hydrogen) atoms. The number of ether oxygens (including phenoxy) is 1. The Balaban J connectivity index is 0.00000289. The van der Waals surface area contributed by atoms with Gasteiger partial charge in [-0.15, -0.1) is 0 Å². The van der Waals surface area contributed by atoms with Gasteiger partial charge in [0.15, 0.2) is 11.4 Å². The number of quaternary nitrogens is 1. The largest absolute Gasteiger partial charge is 1.00 e. The minimum absolute atomic E-state index is 0. The van der Waals surface area contributed by atoms with Crippen molar-refractivity contribution in [2.75, 3.05) is 35.2 Å². The molecule has 0 aromatic heterocycles. The highest BCUT2D eigenvalue weighted by atomic mass is 127. The van der Waals surface area contributed by atoms with E-state index in [-0.39, 0.29) is 30.1 Å². The molecule has 1 aromatic rings. The number of benzene rings is 1. The first-order valence-corrected chi connectivity index (χ1v) is 5.54. The van der Waals surface area contributed by atoms with Crippen molar-refractivity contribution in [3.63, 3.8) is 0 Å². The van der Waals surface area contributed by atoms with E-state index in [1.807, 2.05) is 46.3 Å². The maximum atomic E-state index is 11.6. The van der Waals surface area contributed by atoms with Gasteiger partial charge in [-0.05, 0) is 12.5 Å². The Morgan fingerprint density at radius 2 is 1.78 bits per heavy atom. The molecule has 0 unspecified atom stereocenters. The number of hydrogen-bond donors (Lipinski definition) is 0. The lowest BCUT2D eigenvalue weighted by atomic mass is 10.1. The molecule has 0 saturated carbocycles. The third-order valence-electron chi connectivity index (χ3n) is 2.47. The van der Waals surface area contributed by atoms with Crippen molar-refractivity contribution >= 4 is 11.8 Å². The highest BCUT2D eigenvalue weighted by Gasteiger charge is 2.22. The summed E-state index contributed by atoms with van der Waals surface area (Å²) in [6, 6.07) is 5.89. The van der Waals surface area contributed by atoms with Gasteiger partial charge in [0.2, 0.25) is 0 Å². The van der Waals surface area contributed by atoms with Gasteiger partial charge in [0.05, 0.1) is 21.1 Å². The summed E-state index contributed by atoms with van der Waals surface area (Å²) >= 11 is 0. The second kappa shape index (κ2) is 6.38. The van der Waals surface area contributed by atoms with Crippen molar-refractivity contribution in [1.29, 1.82) is 0 Å². The second-order valence-corrected chi connectivity index (χ2v) is 5.20. The maximum Gasteiger partial charge on any atom is 0.414 e. The molecule has 102 valence electrons. The molecule has 0 aliphatic rings. The Labute approximate surface area is 126 Å². The minimum Gasteiger partial charge on any atom is -1.00 e. The third kappa shape index (κ3) is 4.13. The molecule has 1 aromatic carbocycles. The molecule has 1 rings (SSSR count). The van der Waals surface area contributed by atoms with Crippen LogP contribution in [0.25, 0.3) is 0 Å². The number of rotatable bonds is 2. The predicted octanol–water partition coefficient (Wildman–Crippen LogP) is -0.744. The Morgan fingerprint density at radius 3 is 2.22 bits per heavy atom. The SMILES string of the molecule is Cc1cccc([N+](C)(C)C)c1OC(=O)N(C)C.[I-]. The zero-order chi connectivity index (χ0) is 13.2. The number of halogens is 1. The van der Waals surface area contributed by atoms with Crippen LogP contribution in [-0.4, -0.2) is 46.2 Å². The molecule has 1 amide bonds. The van der Waals surface area contributed by atoms with Gasteiger partial charge in [-0.25, -0.2) is 4.79 Å². The lowest BCUT2D eigenvalue weighted by molar-refractivity contribution is -0.00000897. The van der Waals surface area contributed by atoms with Crippen molar-refractivity contribution < 1.29 is 33.5 Å². The molecule has 0 fully saturated rings. The summed E-state index contributed by atoms with van der Waals surface area (Å²) < 4.78 is 6.04. The normalized spacial score (nSPS) is 10.6. The van der Waals surface area contributed by atoms with E-state index in [2.05, 4.69) is 0 Å². The Bertz CT molecular complexity index is 425. The van der Waals surface area contributed by atoms with Crippen molar-refractivity contribution in [1.82, 2.24) is 9.38 Å². The van der Waals surface area contributed by atoms with Gasteiger partial charge in [0.1, 0.15) is 0 Å².